The van der Waals surface area contributed by atoms with Crippen LogP contribution in [0.4, 0.5) is 0 Å². The van der Waals surface area contributed by atoms with Crippen molar-refractivity contribution in [3.8, 4) is 0 Å². The lowest BCUT2D eigenvalue weighted by molar-refractivity contribution is 0.333. The molecule has 1 heterocycles. The molecule has 104 valence electrons. The number of nitrogens with one attached hydrogen (secondary N) is 1. The van der Waals surface area contributed by atoms with Crippen molar-refractivity contribution in [3.63, 3.8) is 0 Å². The van der Waals surface area contributed by atoms with Crippen LogP contribution in [-0.4, -0.2) is 18.1 Å². The first-order chi connectivity index (χ1) is 9.86. The van der Waals surface area contributed by atoms with Gasteiger partial charge in [0.2, 0.25) is 0 Å². The van der Waals surface area contributed by atoms with Gasteiger partial charge in [-0.25, -0.2) is 0 Å². The Kier molecular flexibility index (Phi) is 4.12. The Morgan fingerprint density at radius 1 is 1.20 bits per heavy atom. The number of aryl methyl sites for hydroxylation is 1. The van der Waals surface area contributed by atoms with Crippen molar-refractivity contribution in [3.05, 3.63) is 65.5 Å². The maximum absolute atomic E-state index is 4.23. The highest BCUT2D eigenvalue weighted by atomic mass is 14.9. The second kappa shape index (κ2) is 6.19. The van der Waals surface area contributed by atoms with Gasteiger partial charge >= 0.3 is 0 Å². The Bertz CT molecular complexity index is 550. The van der Waals surface area contributed by atoms with E-state index in [0.29, 0.717) is 6.04 Å². The molecule has 0 fully saturated rings. The smallest absolute Gasteiger partial charge is 0.0300 e. The molecule has 0 aliphatic heterocycles. The molecule has 0 saturated carbocycles. The minimum atomic E-state index is 0.535. The van der Waals surface area contributed by atoms with Crippen LogP contribution in [0.3, 0.4) is 0 Å². The van der Waals surface area contributed by atoms with Crippen molar-refractivity contribution in [2.75, 3.05) is 7.05 Å². The Morgan fingerprint density at radius 3 is 2.80 bits per heavy atom. The minimum absolute atomic E-state index is 0.535. The zero-order valence-corrected chi connectivity index (χ0v) is 12.0. The van der Waals surface area contributed by atoms with E-state index >= 15 is 0 Å². The van der Waals surface area contributed by atoms with Gasteiger partial charge in [0.15, 0.2) is 0 Å². The Morgan fingerprint density at radius 2 is 2.05 bits per heavy atom. The first-order valence-electron chi connectivity index (χ1n) is 7.50. The summed E-state index contributed by atoms with van der Waals surface area (Å²) in [5, 5.41) is 3.52. The number of benzene rings is 1. The average Bonchev–Trinajstić information content (AvgIpc) is 2.53. The molecule has 2 atom stereocenters. The molecule has 1 aromatic carbocycles. The maximum Gasteiger partial charge on any atom is 0.0300 e. The van der Waals surface area contributed by atoms with Crippen LogP contribution in [0.25, 0.3) is 0 Å². The Hall–Kier alpha value is -1.67. The van der Waals surface area contributed by atoms with Crippen LogP contribution in [0, 0.1) is 5.92 Å². The molecule has 0 amide bonds. The van der Waals surface area contributed by atoms with Crippen molar-refractivity contribution >= 4 is 0 Å². The summed E-state index contributed by atoms with van der Waals surface area (Å²) in [5.41, 5.74) is 4.40. The van der Waals surface area contributed by atoms with Gasteiger partial charge in [0.05, 0.1) is 0 Å². The standard InChI is InChI=1S/C18H22N2/c1-19-18(11-14-5-4-10-20-13-14)17-9-8-15-6-2-3-7-16(15)12-17/h2-7,10,13,17-19H,8-9,11-12H2,1H3. The molecule has 1 aliphatic carbocycles. The van der Waals surface area contributed by atoms with Crippen molar-refractivity contribution in [1.29, 1.82) is 0 Å². The number of pyridine rings is 1. The molecule has 1 N–H and O–H groups in total. The molecule has 2 aromatic rings. The molecule has 0 spiro atoms. The second-order valence-corrected chi connectivity index (χ2v) is 5.73. The molecular formula is C18H22N2. The molecule has 3 rings (SSSR count). The van der Waals surface area contributed by atoms with Crippen LogP contribution in [-0.2, 0) is 19.3 Å². The average molecular weight is 266 g/mol. The van der Waals surface area contributed by atoms with E-state index in [1.54, 1.807) is 5.56 Å². The first kappa shape index (κ1) is 13.3. The molecule has 2 nitrogen and oxygen atoms in total. The Balaban J connectivity index is 1.72. The fraction of sp³-hybridized carbons (Fsp3) is 0.389. The van der Waals surface area contributed by atoms with E-state index in [-0.39, 0.29) is 0 Å². The number of likely N-dealkylation sites (N-methyl/N-ethyl adjacent to an activating group) is 1. The zero-order valence-electron chi connectivity index (χ0n) is 12.0. The fourth-order valence-electron chi connectivity index (χ4n) is 3.35. The van der Waals surface area contributed by atoms with Gasteiger partial charge in [-0.2, -0.15) is 0 Å². The van der Waals surface area contributed by atoms with Gasteiger partial charge < -0.3 is 5.32 Å². The van der Waals surface area contributed by atoms with Crippen molar-refractivity contribution < 1.29 is 0 Å². The van der Waals surface area contributed by atoms with E-state index in [1.807, 2.05) is 18.5 Å². The van der Waals surface area contributed by atoms with E-state index in [2.05, 4.69) is 47.7 Å². The number of hydrogen-bond acceptors (Lipinski definition) is 2. The number of nitrogens with zero attached hydrogens (tertiary/aromatic N) is 1. The largest absolute Gasteiger partial charge is 0.316 e. The van der Waals surface area contributed by atoms with E-state index in [9.17, 15) is 0 Å². The maximum atomic E-state index is 4.23. The summed E-state index contributed by atoms with van der Waals surface area (Å²) in [6.07, 6.45) is 8.59. The monoisotopic (exact) mass is 266 g/mol. The SMILES string of the molecule is CNC(Cc1cccnc1)C1CCc2ccccc2C1. The highest BCUT2D eigenvalue weighted by Gasteiger charge is 2.25. The first-order valence-corrected chi connectivity index (χ1v) is 7.50. The fourth-order valence-corrected chi connectivity index (χ4v) is 3.35. The predicted molar refractivity (Wildman–Crippen MR) is 82.7 cm³/mol. The summed E-state index contributed by atoms with van der Waals surface area (Å²) in [6, 6.07) is 13.6. The summed E-state index contributed by atoms with van der Waals surface area (Å²) in [5.74, 6) is 0.718. The highest BCUT2D eigenvalue weighted by molar-refractivity contribution is 5.30. The quantitative estimate of drug-likeness (QED) is 0.920. The van der Waals surface area contributed by atoms with Crippen LogP contribution in [0.5, 0.6) is 0 Å². The highest BCUT2D eigenvalue weighted by Crippen LogP contribution is 2.28. The summed E-state index contributed by atoms with van der Waals surface area (Å²) in [4.78, 5) is 4.23. The lowest BCUT2D eigenvalue weighted by atomic mass is 9.78. The Labute approximate surface area is 121 Å². The van der Waals surface area contributed by atoms with Crippen molar-refractivity contribution in [2.45, 2.75) is 31.7 Å². The van der Waals surface area contributed by atoms with Gasteiger partial charge in [-0.1, -0.05) is 30.3 Å². The van der Waals surface area contributed by atoms with Crippen LogP contribution < -0.4 is 5.32 Å². The predicted octanol–water partition coefficient (Wildman–Crippen LogP) is 3.02. The molecule has 1 aliphatic rings. The summed E-state index contributed by atoms with van der Waals surface area (Å²) in [6.45, 7) is 0. The molecule has 2 unspecified atom stereocenters. The third-order valence-electron chi connectivity index (χ3n) is 4.50. The van der Waals surface area contributed by atoms with Gasteiger partial charge in [-0.05, 0) is 61.4 Å². The van der Waals surface area contributed by atoms with Crippen LogP contribution in [0.15, 0.2) is 48.8 Å². The number of fused-ring (bicyclic) bond motifs is 1. The topological polar surface area (TPSA) is 24.9 Å². The molecule has 0 radical (unpaired) electrons. The number of rotatable bonds is 4. The van der Waals surface area contributed by atoms with Crippen LogP contribution >= 0.6 is 0 Å². The second-order valence-electron chi connectivity index (χ2n) is 5.73. The zero-order chi connectivity index (χ0) is 13.8. The third kappa shape index (κ3) is 2.91. The molecular weight excluding hydrogens is 244 g/mol. The van der Waals surface area contributed by atoms with Crippen LogP contribution in [0.2, 0.25) is 0 Å². The van der Waals surface area contributed by atoms with E-state index in [0.717, 1.165) is 12.3 Å². The minimum Gasteiger partial charge on any atom is -0.316 e. The summed E-state index contributed by atoms with van der Waals surface area (Å²) in [7, 11) is 2.08. The lowest BCUT2D eigenvalue weighted by Gasteiger charge is -2.31. The van der Waals surface area contributed by atoms with Gasteiger partial charge in [-0.15, -0.1) is 0 Å². The van der Waals surface area contributed by atoms with E-state index in [1.165, 1.54) is 30.4 Å². The molecule has 0 bridgehead atoms. The normalized spacial score (nSPS) is 19.4. The number of hydrogen-bond donors (Lipinski definition) is 1. The summed E-state index contributed by atoms with van der Waals surface area (Å²) < 4.78 is 0. The summed E-state index contributed by atoms with van der Waals surface area (Å²) >= 11 is 0. The van der Waals surface area contributed by atoms with Gasteiger partial charge in [0.1, 0.15) is 0 Å². The van der Waals surface area contributed by atoms with Gasteiger partial charge in [-0.3, -0.25) is 4.98 Å². The van der Waals surface area contributed by atoms with E-state index in [4.69, 9.17) is 0 Å². The lowest BCUT2D eigenvalue weighted by Crippen LogP contribution is -2.38. The number of aromatic nitrogens is 1. The van der Waals surface area contributed by atoms with Gasteiger partial charge in [0, 0.05) is 18.4 Å². The molecule has 1 aromatic heterocycles. The van der Waals surface area contributed by atoms with Crippen molar-refractivity contribution in [2.24, 2.45) is 5.92 Å². The molecule has 2 heteroatoms. The molecule has 0 saturated heterocycles. The van der Waals surface area contributed by atoms with E-state index < -0.39 is 0 Å². The third-order valence-corrected chi connectivity index (χ3v) is 4.50. The van der Waals surface area contributed by atoms with Gasteiger partial charge in [0.25, 0.3) is 0 Å². The van der Waals surface area contributed by atoms with Crippen molar-refractivity contribution in [1.82, 2.24) is 10.3 Å². The molecule has 20 heavy (non-hydrogen) atoms. The van der Waals surface area contributed by atoms with Crippen LogP contribution in [0.1, 0.15) is 23.1 Å².